The molecular formula is C16H32N2O. The molecule has 0 bridgehead atoms. The lowest BCUT2D eigenvalue weighted by molar-refractivity contribution is -0.0243. The standard InChI is InChI=1S/C16H32N2O/c1-14(2)16-13-15(7-12-19-16)17-8-6-11-18-9-4-3-5-10-18/h14-17H,3-13H2,1-2H3. The molecule has 0 aromatic carbocycles. The summed E-state index contributed by atoms with van der Waals surface area (Å²) in [6.45, 7) is 10.6. The molecule has 19 heavy (non-hydrogen) atoms. The number of nitrogens with zero attached hydrogens (tertiary/aromatic N) is 1. The Labute approximate surface area is 119 Å². The molecule has 2 fully saturated rings. The van der Waals surface area contributed by atoms with E-state index in [0.29, 0.717) is 18.1 Å². The van der Waals surface area contributed by atoms with Gasteiger partial charge in [0, 0.05) is 12.6 Å². The molecule has 0 aromatic rings. The second-order valence-electron chi connectivity index (χ2n) is 6.58. The molecule has 3 heteroatoms. The maximum absolute atomic E-state index is 5.82. The summed E-state index contributed by atoms with van der Waals surface area (Å²) in [6, 6.07) is 0.683. The molecule has 3 nitrogen and oxygen atoms in total. The Kier molecular flexibility index (Phi) is 6.62. The van der Waals surface area contributed by atoms with Crippen molar-refractivity contribution in [2.24, 2.45) is 5.92 Å². The summed E-state index contributed by atoms with van der Waals surface area (Å²) < 4.78 is 5.82. The fraction of sp³-hybridized carbons (Fsp3) is 1.00. The molecule has 2 aliphatic rings. The fourth-order valence-corrected chi connectivity index (χ4v) is 3.27. The summed E-state index contributed by atoms with van der Waals surface area (Å²) in [4.78, 5) is 2.63. The maximum Gasteiger partial charge on any atom is 0.0612 e. The van der Waals surface area contributed by atoms with E-state index in [1.165, 1.54) is 64.7 Å². The molecule has 2 atom stereocenters. The second-order valence-corrected chi connectivity index (χ2v) is 6.58. The van der Waals surface area contributed by atoms with Gasteiger partial charge in [0.2, 0.25) is 0 Å². The van der Waals surface area contributed by atoms with Crippen LogP contribution in [0.1, 0.15) is 52.4 Å². The van der Waals surface area contributed by atoms with E-state index in [0.717, 1.165) is 6.61 Å². The van der Waals surface area contributed by atoms with Crippen LogP contribution in [0.15, 0.2) is 0 Å². The van der Waals surface area contributed by atoms with E-state index >= 15 is 0 Å². The highest BCUT2D eigenvalue weighted by atomic mass is 16.5. The van der Waals surface area contributed by atoms with Crippen molar-refractivity contribution in [2.75, 3.05) is 32.8 Å². The van der Waals surface area contributed by atoms with Crippen molar-refractivity contribution in [2.45, 2.75) is 64.5 Å². The molecule has 0 radical (unpaired) electrons. The van der Waals surface area contributed by atoms with Gasteiger partial charge in [-0.05, 0) is 64.2 Å². The zero-order valence-corrected chi connectivity index (χ0v) is 12.9. The normalized spacial score (nSPS) is 29.8. The molecule has 2 saturated heterocycles. The number of rotatable bonds is 6. The monoisotopic (exact) mass is 268 g/mol. The van der Waals surface area contributed by atoms with Crippen molar-refractivity contribution in [1.29, 1.82) is 0 Å². The molecule has 2 unspecified atom stereocenters. The van der Waals surface area contributed by atoms with Gasteiger partial charge in [0.15, 0.2) is 0 Å². The molecular weight excluding hydrogens is 236 g/mol. The van der Waals surface area contributed by atoms with E-state index in [-0.39, 0.29) is 0 Å². The van der Waals surface area contributed by atoms with Gasteiger partial charge in [-0.2, -0.15) is 0 Å². The zero-order valence-electron chi connectivity index (χ0n) is 12.9. The lowest BCUT2D eigenvalue weighted by Gasteiger charge is -2.33. The molecule has 0 spiro atoms. The highest BCUT2D eigenvalue weighted by Gasteiger charge is 2.24. The number of nitrogens with one attached hydrogen (secondary N) is 1. The highest BCUT2D eigenvalue weighted by Crippen LogP contribution is 2.20. The molecule has 112 valence electrons. The van der Waals surface area contributed by atoms with Gasteiger partial charge in [-0.1, -0.05) is 20.3 Å². The van der Waals surface area contributed by atoms with Gasteiger partial charge in [-0.3, -0.25) is 0 Å². The van der Waals surface area contributed by atoms with Crippen LogP contribution in [0.3, 0.4) is 0 Å². The number of hydrogen-bond acceptors (Lipinski definition) is 3. The third kappa shape index (κ3) is 5.41. The van der Waals surface area contributed by atoms with Crippen molar-refractivity contribution in [3.05, 3.63) is 0 Å². The number of likely N-dealkylation sites (tertiary alicyclic amines) is 1. The van der Waals surface area contributed by atoms with Crippen molar-refractivity contribution in [3.8, 4) is 0 Å². The number of ether oxygens (including phenoxy) is 1. The number of piperidine rings is 1. The van der Waals surface area contributed by atoms with Crippen molar-refractivity contribution in [1.82, 2.24) is 10.2 Å². The first-order valence-electron chi connectivity index (χ1n) is 8.33. The van der Waals surface area contributed by atoms with Gasteiger partial charge < -0.3 is 15.0 Å². The summed E-state index contributed by atoms with van der Waals surface area (Å²) in [7, 11) is 0. The summed E-state index contributed by atoms with van der Waals surface area (Å²) in [5, 5.41) is 3.74. The van der Waals surface area contributed by atoms with E-state index in [9.17, 15) is 0 Å². The Balaban J connectivity index is 1.55. The van der Waals surface area contributed by atoms with Crippen molar-refractivity contribution < 1.29 is 4.74 Å². The van der Waals surface area contributed by atoms with Crippen LogP contribution in [0.2, 0.25) is 0 Å². The molecule has 0 saturated carbocycles. The van der Waals surface area contributed by atoms with Gasteiger partial charge in [-0.25, -0.2) is 0 Å². The van der Waals surface area contributed by atoms with E-state index in [1.807, 2.05) is 0 Å². The van der Waals surface area contributed by atoms with Gasteiger partial charge in [-0.15, -0.1) is 0 Å². The molecule has 0 aliphatic carbocycles. The Hall–Kier alpha value is -0.120. The molecule has 1 N–H and O–H groups in total. The molecule has 2 heterocycles. The van der Waals surface area contributed by atoms with Gasteiger partial charge in [0.1, 0.15) is 0 Å². The average molecular weight is 268 g/mol. The van der Waals surface area contributed by atoms with Crippen LogP contribution in [0.5, 0.6) is 0 Å². The van der Waals surface area contributed by atoms with Crippen LogP contribution in [0, 0.1) is 5.92 Å². The Bertz CT molecular complexity index is 239. The van der Waals surface area contributed by atoms with E-state index in [1.54, 1.807) is 0 Å². The van der Waals surface area contributed by atoms with Crippen LogP contribution >= 0.6 is 0 Å². The average Bonchev–Trinajstić information content (AvgIpc) is 2.45. The van der Waals surface area contributed by atoms with Gasteiger partial charge in [0.05, 0.1) is 6.10 Å². The minimum Gasteiger partial charge on any atom is -0.378 e. The van der Waals surface area contributed by atoms with E-state index in [2.05, 4.69) is 24.1 Å². The Morgan fingerprint density at radius 1 is 1.21 bits per heavy atom. The first kappa shape index (κ1) is 15.3. The lowest BCUT2D eigenvalue weighted by Crippen LogP contribution is -2.42. The minimum atomic E-state index is 0.466. The topological polar surface area (TPSA) is 24.5 Å². The van der Waals surface area contributed by atoms with Crippen molar-refractivity contribution in [3.63, 3.8) is 0 Å². The van der Waals surface area contributed by atoms with Gasteiger partial charge >= 0.3 is 0 Å². The maximum atomic E-state index is 5.82. The van der Waals surface area contributed by atoms with Crippen LogP contribution in [-0.2, 0) is 4.74 Å². The summed E-state index contributed by atoms with van der Waals surface area (Å²) >= 11 is 0. The Morgan fingerprint density at radius 3 is 2.74 bits per heavy atom. The quantitative estimate of drug-likeness (QED) is 0.750. The summed E-state index contributed by atoms with van der Waals surface area (Å²) in [5.41, 5.74) is 0. The lowest BCUT2D eigenvalue weighted by atomic mass is 9.95. The zero-order chi connectivity index (χ0) is 13.5. The fourth-order valence-electron chi connectivity index (χ4n) is 3.27. The largest absolute Gasteiger partial charge is 0.378 e. The van der Waals surface area contributed by atoms with Gasteiger partial charge in [0.25, 0.3) is 0 Å². The Morgan fingerprint density at radius 2 is 2.00 bits per heavy atom. The van der Waals surface area contributed by atoms with E-state index in [4.69, 9.17) is 4.74 Å². The first-order valence-corrected chi connectivity index (χ1v) is 8.33. The predicted octanol–water partition coefficient (Wildman–Crippen LogP) is 2.66. The minimum absolute atomic E-state index is 0.466. The SMILES string of the molecule is CC(C)C1CC(NCCCN2CCCCC2)CCO1. The third-order valence-corrected chi connectivity index (χ3v) is 4.59. The number of hydrogen-bond donors (Lipinski definition) is 1. The van der Waals surface area contributed by atoms with Crippen LogP contribution in [-0.4, -0.2) is 49.8 Å². The predicted molar refractivity (Wildman–Crippen MR) is 80.5 cm³/mol. The second kappa shape index (κ2) is 8.23. The van der Waals surface area contributed by atoms with Crippen LogP contribution < -0.4 is 5.32 Å². The molecule has 0 aromatic heterocycles. The first-order chi connectivity index (χ1) is 9.25. The summed E-state index contributed by atoms with van der Waals surface area (Å²) in [5.74, 6) is 0.651. The molecule has 2 rings (SSSR count). The summed E-state index contributed by atoms with van der Waals surface area (Å²) in [6.07, 6.45) is 8.39. The van der Waals surface area contributed by atoms with Crippen molar-refractivity contribution >= 4 is 0 Å². The highest BCUT2D eigenvalue weighted by molar-refractivity contribution is 4.78. The third-order valence-electron chi connectivity index (χ3n) is 4.59. The molecule has 0 amide bonds. The molecule has 2 aliphatic heterocycles. The van der Waals surface area contributed by atoms with Crippen LogP contribution in [0.4, 0.5) is 0 Å². The van der Waals surface area contributed by atoms with E-state index < -0.39 is 0 Å². The smallest absolute Gasteiger partial charge is 0.0612 e. The van der Waals surface area contributed by atoms with Crippen LogP contribution in [0.25, 0.3) is 0 Å².